The third-order valence-electron chi connectivity index (χ3n) is 2.93. The highest BCUT2D eigenvalue weighted by Gasteiger charge is 2.10. The smallest absolute Gasteiger partial charge is 0.141 e. The maximum absolute atomic E-state index is 13.1. The minimum absolute atomic E-state index is 0.134. The summed E-state index contributed by atoms with van der Waals surface area (Å²) in [6.45, 7) is 2.02. The fourth-order valence-corrected chi connectivity index (χ4v) is 2.85. The number of halogens is 3. The van der Waals surface area contributed by atoms with E-state index in [0.29, 0.717) is 6.42 Å². The topological polar surface area (TPSA) is 26.0 Å². The second-order valence-electron chi connectivity index (χ2n) is 4.62. The van der Waals surface area contributed by atoms with Crippen LogP contribution in [0.25, 0.3) is 0 Å². The van der Waals surface area contributed by atoms with Crippen LogP contribution >= 0.6 is 27.5 Å². The van der Waals surface area contributed by atoms with Crippen molar-refractivity contribution in [3.8, 4) is 0 Å². The quantitative estimate of drug-likeness (QED) is 0.852. The molecule has 2 aromatic carbocycles. The molecule has 4 heteroatoms. The maximum Gasteiger partial charge on any atom is 0.141 e. The number of nitrogens with two attached hydrogens (primary N) is 1. The molecule has 2 aromatic rings. The molecule has 0 saturated heterocycles. The maximum atomic E-state index is 13.1. The molecule has 1 atom stereocenters. The molecule has 0 aliphatic heterocycles. The molecule has 0 saturated carbocycles. The highest BCUT2D eigenvalue weighted by Crippen LogP contribution is 2.24. The Bertz CT molecular complexity index is 580. The molecule has 0 amide bonds. The first-order valence-electron chi connectivity index (χ1n) is 5.92. The molecular weight excluding hydrogens is 329 g/mol. The summed E-state index contributed by atoms with van der Waals surface area (Å²) < 4.78 is 14.1. The lowest BCUT2D eigenvalue weighted by molar-refractivity contribution is 0.626. The van der Waals surface area contributed by atoms with Crippen LogP contribution in [0.3, 0.4) is 0 Å². The molecule has 100 valence electrons. The van der Waals surface area contributed by atoms with Crippen molar-refractivity contribution in [1.82, 2.24) is 0 Å². The standard InChI is InChI=1S/C15H14BrClFN/c1-9-4-11(8-12(16)5-9)15(19)7-10-2-3-14(18)13(17)6-10/h2-6,8,15H,7,19H2,1H3. The average Bonchev–Trinajstić information content (AvgIpc) is 2.32. The van der Waals surface area contributed by atoms with E-state index in [4.69, 9.17) is 17.3 Å². The molecule has 1 nitrogen and oxygen atoms in total. The van der Waals surface area contributed by atoms with E-state index in [1.807, 2.05) is 19.1 Å². The van der Waals surface area contributed by atoms with E-state index in [9.17, 15) is 4.39 Å². The van der Waals surface area contributed by atoms with Gasteiger partial charge in [0, 0.05) is 10.5 Å². The summed E-state index contributed by atoms with van der Waals surface area (Å²) in [4.78, 5) is 0. The summed E-state index contributed by atoms with van der Waals surface area (Å²) >= 11 is 9.23. The van der Waals surface area contributed by atoms with Crippen LogP contribution in [0.1, 0.15) is 22.7 Å². The average molecular weight is 343 g/mol. The minimum atomic E-state index is -0.405. The van der Waals surface area contributed by atoms with Crippen LogP contribution in [0.5, 0.6) is 0 Å². The van der Waals surface area contributed by atoms with Crippen molar-refractivity contribution in [1.29, 1.82) is 0 Å². The lowest BCUT2D eigenvalue weighted by atomic mass is 9.98. The van der Waals surface area contributed by atoms with Gasteiger partial charge in [-0.05, 0) is 54.3 Å². The Balaban J connectivity index is 2.20. The van der Waals surface area contributed by atoms with Crippen molar-refractivity contribution in [2.75, 3.05) is 0 Å². The van der Waals surface area contributed by atoms with Gasteiger partial charge in [-0.15, -0.1) is 0 Å². The Hall–Kier alpha value is -0.900. The number of rotatable bonds is 3. The Morgan fingerprint density at radius 1 is 1.26 bits per heavy atom. The summed E-state index contributed by atoms with van der Waals surface area (Å²) in [7, 11) is 0. The van der Waals surface area contributed by atoms with Gasteiger partial charge >= 0.3 is 0 Å². The summed E-state index contributed by atoms with van der Waals surface area (Å²) in [5, 5.41) is 0.134. The molecule has 0 aliphatic carbocycles. The number of benzene rings is 2. The Morgan fingerprint density at radius 3 is 2.63 bits per heavy atom. The van der Waals surface area contributed by atoms with Gasteiger partial charge in [-0.1, -0.05) is 39.7 Å². The van der Waals surface area contributed by atoms with Gasteiger partial charge < -0.3 is 5.73 Å². The number of hydrogen-bond acceptors (Lipinski definition) is 1. The van der Waals surface area contributed by atoms with Gasteiger partial charge in [-0.25, -0.2) is 4.39 Å². The van der Waals surface area contributed by atoms with Crippen LogP contribution in [-0.2, 0) is 6.42 Å². The lowest BCUT2D eigenvalue weighted by Crippen LogP contribution is -2.13. The summed E-state index contributed by atoms with van der Waals surface area (Å²) in [5.74, 6) is -0.405. The molecule has 0 radical (unpaired) electrons. The Kier molecular flexibility index (Phi) is 4.61. The van der Waals surface area contributed by atoms with Crippen LogP contribution in [0.2, 0.25) is 5.02 Å². The largest absolute Gasteiger partial charge is 0.324 e. The fraction of sp³-hybridized carbons (Fsp3) is 0.200. The fourth-order valence-electron chi connectivity index (χ4n) is 2.02. The van der Waals surface area contributed by atoms with Crippen LogP contribution < -0.4 is 5.73 Å². The van der Waals surface area contributed by atoms with E-state index in [1.165, 1.54) is 6.07 Å². The van der Waals surface area contributed by atoms with Gasteiger partial charge in [0.25, 0.3) is 0 Å². The van der Waals surface area contributed by atoms with E-state index < -0.39 is 5.82 Å². The molecule has 1 unspecified atom stereocenters. The van der Waals surface area contributed by atoms with Crippen molar-refractivity contribution in [2.24, 2.45) is 5.73 Å². The molecule has 2 N–H and O–H groups in total. The van der Waals surface area contributed by atoms with Crippen LogP contribution in [-0.4, -0.2) is 0 Å². The normalized spacial score (nSPS) is 12.5. The zero-order valence-corrected chi connectivity index (χ0v) is 12.8. The number of hydrogen-bond donors (Lipinski definition) is 1. The van der Waals surface area contributed by atoms with Crippen LogP contribution in [0.4, 0.5) is 4.39 Å². The van der Waals surface area contributed by atoms with E-state index >= 15 is 0 Å². The third-order valence-corrected chi connectivity index (χ3v) is 3.68. The predicted molar refractivity (Wildman–Crippen MR) is 80.9 cm³/mol. The SMILES string of the molecule is Cc1cc(Br)cc(C(N)Cc2ccc(F)c(Cl)c2)c1. The summed E-state index contributed by atoms with van der Waals surface area (Å²) in [6.07, 6.45) is 0.621. The highest BCUT2D eigenvalue weighted by atomic mass is 79.9. The molecule has 0 aliphatic rings. The molecule has 0 heterocycles. The third kappa shape index (κ3) is 3.78. The first-order chi connectivity index (χ1) is 8.95. The molecule has 19 heavy (non-hydrogen) atoms. The van der Waals surface area contributed by atoms with Crippen LogP contribution in [0.15, 0.2) is 40.9 Å². The van der Waals surface area contributed by atoms with Gasteiger partial charge in [0.15, 0.2) is 0 Å². The minimum Gasteiger partial charge on any atom is -0.324 e. The van der Waals surface area contributed by atoms with Crippen molar-refractivity contribution in [3.05, 3.63) is 68.4 Å². The zero-order valence-electron chi connectivity index (χ0n) is 10.5. The highest BCUT2D eigenvalue weighted by molar-refractivity contribution is 9.10. The van der Waals surface area contributed by atoms with Gasteiger partial charge in [0.05, 0.1) is 5.02 Å². The lowest BCUT2D eigenvalue weighted by Gasteiger charge is -2.14. The summed E-state index contributed by atoms with van der Waals surface area (Å²) in [6, 6.07) is 10.7. The van der Waals surface area contributed by atoms with Gasteiger partial charge in [0.1, 0.15) is 5.82 Å². The monoisotopic (exact) mass is 341 g/mol. The second-order valence-corrected chi connectivity index (χ2v) is 5.94. The van der Waals surface area contributed by atoms with E-state index in [-0.39, 0.29) is 11.1 Å². The van der Waals surface area contributed by atoms with E-state index in [0.717, 1.165) is 21.2 Å². The first-order valence-corrected chi connectivity index (χ1v) is 7.09. The Morgan fingerprint density at radius 2 is 2.00 bits per heavy atom. The van der Waals surface area contributed by atoms with Crippen molar-refractivity contribution in [3.63, 3.8) is 0 Å². The molecule has 2 rings (SSSR count). The molecule has 0 bridgehead atoms. The van der Waals surface area contributed by atoms with Gasteiger partial charge in [-0.2, -0.15) is 0 Å². The molecule has 0 aromatic heterocycles. The second kappa shape index (κ2) is 6.04. The van der Waals surface area contributed by atoms with Gasteiger partial charge in [-0.3, -0.25) is 0 Å². The van der Waals surface area contributed by atoms with Crippen molar-refractivity contribution in [2.45, 2.75) is 19.4 Å². The van der Waals surface area contributed by atoms with Crippen molar-refractivity contribution < 1.29 is 4.39 Å². The predicted octanol–water partition coefficient (Wildman–Crippen LogP) is 4.79. The van der Waals surface area contributed by atoms with Gasteiger partial charge in [0.2, 0.25) is 0 Å². The first kappa shape index (κ1) is 14.5. The zero-order chi connectivity index (χ0) is 14.0. The number of aryl methyl sites for hydroxylation is 1. The Labute approximate surface area is 125 Å². The van der Waals surface area contributed by atoms with Crippen LogP contribution in [0, 0.1) is 12.7 Å². The molecule has 0 fully saturated rings. The molecular formula is C15H14BrClFN. The molecule has 0 spiro atoms. The van der Waals surface area contributed by atoms with Crippen molar-refractivity contribution >= 4 is 27.5 Å². The summed E-state index contributed by atoms with van der Waals surface area (Å²) in [5.41, 5.74) is 9.32. The van der Waals surface area contributed by atoms with E-state index in [1.54, 1.807) is 12.1 Å². The van der Waals surface area contributed by atoms with E-state index in [2.05, 4.69) is 22.0 Å².